The van der Waals surface area contributed by atoms with Gasteiger partial charge in [-0.05, 0) is 49.5 Å². The summed E-state index contributed by atoms with van der Waals surface area (Å²) in [4.78, 5) is 50.4. The van der Waals surface area contributed by atoms with Crippen molar-refractivity contribution < 1.29 is 19.2 Å². The summed E-state index contributed by atoms with van der Waals surface area (Å²) in [7, 11) is 0. The van der Waals surface area contributed by atoms with E-state index in [-0.39, 0.29) is 41.4 Å². The van der Waals surface area contributed by atoms with Crippen molar-refractivity contribution in [2.45, 2.75) is 64.5 Å². The number of rotatable bonds is 5. The molecule has 2 fully saturated rings. The van der Waals surface area contributed by atoms with E-state index in [1.54, 1.807) is 0 Å². The van der Waals surface area contributed by atoms with Gasteiger partial charge in [0.2, 0.25) is 17.7 Å². The zero-order valence-corrected chi connectivity index (χ0v) is 19.0. The highest BCUT2D eigenvalue weighted by Gasteiger charge is 2.37. The first-order chi connectivity index (χ1) is 15.4. The van der Waals surface area contributed by atoms with Gasteiger partial charge in [0.1, 0.15) is 12.3 Å². The van der Waals surface area contributed by atoms with Crippen LogP contribution < -0.4 is 16.0 Å². The van der Waals surface area contributed by atoms with E-state index in [1.807, 2.05) is 44.2 Å². The van der Waals surface area contributed by atoms with Crippen LogP contribution in [-0.2, 0) is 25.6 Å². The van der Waals surface area contributed by atoms with Crippen molar-refractivity contribution in [3.05, 3.63) is 35.9 Å². The molecule has 7 nitrogen and oxygen atoms in total. The molecular formula is C25H35N3O4. The van der Waals surface area contributed by atoms with Crippen molar-refractivity contribution in [3.63, 3.8) is 0 Å². The van der Waals surface area contributed by atoms with Crippen LogP contribution >= 0.6 is 0 Å². The number of fused-ring (bicyclic) bond motifs is 1. The number of nitrogens with one attached hydrogen (secondary N) is 3. The number of aldehydes is 1. The number of carbonyl (C=O) groups excluding carboxylic acids is 4. The molecule has 0 spiro atoms. The summed E-state index contributed by atoms with van der Waals surface area (Å²) >= 11 is 0. The molecule has 5 atom stereocenters. The lowest BCUT2D eigenvalue weighted by atomic mass is 9.84. The van der Waals surface area contributed by atoms with Gasteiger partial charge in [-0.25, -0.2) is 0 Å². The second kappa shape index (κ2) is 11.2. The van der Waals surface area contributed by atoms with Crippen LogP contribution in [0.5, 0.6) is 0 Å². The van der Waals surface area contributed by atoms with Crippen molar-refractivity contribution in [1.29, 1.82) is 0 Å². The Balaban J connectivity index is 1.85. The topological polar surface area (TPSA) is 104 Å². The molecule has 0 aliphatic carbocycles. The minimum atomic E-state index is -0.744. The second-order valence-electron chi connectivity index (χ2n) is 9.61. The van der Waals surface area contributed by atoms with Gasteiger partial charge in [-0.2, -0.15) is 0 Å². The highest BCUT2D eigenvalue weighted by atomic mass is 16.2. The van der Waals surface area contributed by atoms with Crippen LogP contribution in [0, 0.1) is 23.7 Å². The molecule has 3 rings (SSSR count). The van der Waals surface area contributed by atoms with E-state index in [9.17, 15) is 19.2 Å². The number of amides is 3. The molecule has 3 amide bonds. The normalized spacial score (nSPS) is 29.6. The molecule has 32 heavy (non-hydrogen) atoms. The van der Waals surface area contributed by atoms with Crippen molar-refractivity contribution in [1.82, 2.24) is 16.0 Å². The number of hydrogen-bond donors (Lipinski definition) is 3. The summed E-state index contributed by atoms with van der Waals surface area (Å²) < 4.78 is 0. The van der Waals surface area contributed by atoms with Crippen LogP contribution in [-0.4, -0.2) is 42.6 Å². The van der Waals surface area contributed by atoms with Gasteiger partial charge in [0.05, 0.1) is 6.04 Å². The van der Waals surface area contributed by atoms with Gasteiger partial charge in [0.15, 0.2) is 0 Å². The minimum absolute atomic E-state index is 0.0558. The third-order valence-electron chi connectivity index (χ3n) is 6.61. The molecule has 1 aromatic rings. The van der Waals surface area contributed by atoms with Gasteiger partial charge in [-0.3, -0.25) is 14.4 Å². The highest BCUT2D eigenvalue weighted by molar-refractivity contribution is 5.90. The van der Waals surface area contributed by atoms with E-state index in [2.05, 4.69) is 16.0 Å². The Hall–Kier alpha value is -2.70. The average Bonchev–Trinajstić information content (AvgIpc) is 3.11. The Kier molecular flexibility index (Phi) is 8.42. The van der Waals surface area contributed by atoms with Gasteiger partial charge in [-0.15, -0.1) is 0 Å². The van der Waals surface area contributed by atoms with E-state index in [4.69, 9.17) is 0 Å². The van der Waals surface area contributed by atoms with Gasteiger partial charge in [0, 0.05) is 18.4 Å². The summed E-state index contributed by atoms with van der Waals surface area (Å²) in [5.74, 6) is -0.814. The maximum absolute atomic E-state index is 13.3. The number of benzene rings is 1. The van der Waals surface area contributed by atoms with Crippen molar-refractivity contribution in [2.75, 3.05) is 6.54 Å². The monoisotopic (exact) mass is 441 g/mol. The maximum Gasteiger partial charge on any atom is 0.243 e. The van der Waals surface area contributed by atoms with E-state index < -0.39 is 12.1 Å². The Morgan fingerprint density at radius 3 is 2.44 bits per heavy atom. The first kappa shape index (κ1) is 24.0. The van der Waals surface area contributed by atoms with E-state index in [1.165, 1.54) is 0 Å². The van der Waals surface area contributed by atoms with Gasteiger partial charge in [-0.1, -0.05) is 50.6 Å². The van der Waals surface area contributed by atoms with Crippen molar-refractivity contribution >= 4 is 24.0 Å². The fourth-order valence-corrected chi connectivity index (χ4v) is 4.87. The molecule has 1 aromatic carbocycles. The molecule has 3 N–H and O–H groups in total. The molecular weight excluding hydrogens is 406 g/mol. The number of hydrogen-bond acceptors (Lipinski definition) is 4. The standard InChI is InChI=1S/C25H35N3O4/c1-16(2)11-22-25(32)27-20(15-29)13-21-19(14-26-24(21)31)10-6-9-18(23(30)28-22)12-17-7-4-3-5-8-17/h3-5,7-8,15-16,18-22H,6,9-14H2,1-2H3,(H,26,31)(H,27,32)(H,28,30)/t18-,19+,20-,21+,22-/m0/s1. The molecule has 0 aromatic heterocycles. The van der Waals surface area contributed by atoms with Crippen molar-refractivity contribution in [3.8, 4) is 0 Å². The first-order valence-electron chi connectivity index (χ1n) is 11.7. The minimum Gasteiger partial charge on any atom is -0.356 e. The molecule has 0 radical (unpaired) electrons. The zero-order chi connectivity index (χ0) is 23.1. The Morgan fingerprint density at radius 2 is 1.75 bits per heavy atom. The van der Waals surface area contributed by atoms with Crippen molar-refractivity contribution in [2.24, 2.45) is 23.7 Å². The molecule has 0 saturated carbocycles. The van der Waals surface area contributed by atoms with Crippen LogP contribution in [0.1, 0.15) is 51.5 Å². The summed E-state index contributed by atoms with van der Waals surface area (Å²) in [6, 6.07) is 8.44. The first-order valence-corrected chi connectivity index (χ1v) is 11.7. The van der Waals surface area contributed by atoms with E-state index >= 15 is 0 Å². The Labute approximate surface area is 190 Å². The lowest BCUT2D eigenvalue weighted by Crippen LogP contribution is -2.52. The molecule has 2 aliphatic heterocycles. The molecule has 174 valence electrons. The predicted molar refractivity (Wildman–Crippen MR) is 121 cm³/mol. The Morgan fingerprint density at radius 1 is 1.00 bits per heavy atom. The van der Waals surface area contributed by atoms with Gasteiger partial charge in [0.25, 0.3) is 0 Å². The lowest BCUT2D eigenvalue weighted by Gasteiger charge is -2.25. The predicted octanol–water partition coefficient (Wildman–Crippen LogP) is 2.00. The number of carbonyl (C=O) groups is 4. The fraction of sp³-hybridized carbons (Fsp3) is 0.600. The summed E-state index contributed by atoms with van der Waals surface area (Å²) in [5, 5.41) is 8.65. The maximum atomic E-state index is 13.3. The molecule has 0 bridgehead atoms. The quantitative estimate of drug-likeness (QED) is 0.608. The van der Waals surface area contributed by atoms with Gasteiger partial charge < -0.3 is 20.7 Å². The summed E-state index contributed by atoms with van der Waals surface area (Å²) in [6.07, 6.45) is 4.37. The lowest BCUT2D eigenvalue weighted by molar-refractivity contribution is -0.132. The molecule has 2 heterocycles. The molecule has 0 unspecified atom stereocenters. The molecule has 2 aliphatic rings. The third kappa shape index (κ3) is 6.40. The SMILES string of the molecule is CC(C)C[C@@H]1NC(=O)[C@H](Cc2ccccc2)CCC[C@@H]2CNC(=O)[C@@H]2C[C@@H](C=O)NC1=O. The van der Waals surface area contributed by atoms with E-state index in [0.29, 0.717) is 38.5 Å². The second-order valence-corrected chi connectivity index (χ2v) is 9.61. The molecule has 7 heteroatoms. The summed E-state index contributed by atoms with van der Waals surface area (Å²) in [6.45, 7) is 4.56. The van der Waals surface area contributed by atoms with Crippen LogP contribution in [0.4, 0.5) is 0 Å². The zero-order valence-electron chi connectivity index (χ0n) is 19.0. The van der Waals surface area contributed by atoms with E-state index in [0.717, 1.165) is 18.4 Å². The van der Waals surface area contributed by atoms with Crippen LogP contribution in [0.15, 0.2) is 30.3 Å². The average molecular weight is 442 g/mol. The highest BCUT2D eigenvalue weighted by Crippen LogP contribution is 2.29. The Bertz CT molecular complexity index is 811. The smallest absolute Gasteiger partial charge is 0.243 e. The van der Waals surface area contributed by atoms with Crippen LogP contribution in [0.25, 0.3) is 0 Å². The van der Waals surface area contributed by atoms with Crippen LogP contribution in [0.3, 0.4) is 0 Å². The largest absolute Gasteiger partial charge is 0.356 e. The third-order valence-corrected chi connectivity index (χ3v) is 6.61. The molecule has 2 saturated heterocycles. The summed E-state index contributed by atoms with van der Waals surface area (Å²) in [5.41, 5.74) is 1.08. The fourth-order valence-electron chi connectivity index (χ4n) is 4.87. The van der Waals surface area contributed by atoms with Crippen LogP contribution in [0.2, 0.25) is 0 Å². The van der Waals surface area contributed by atoms with Gasteiger partial charge >= 0.3 is 0 Å².